The van der Waals surface area contributed by atoms with E-state index in [1.165, 1.54) is 0 Å². The zero-order valence-electron chi connectivity index (χ0n) is 7.04. The molecule has 3 heteroatoms. The molecule has 0 unspecified atom stereocenters. The minimum atomic E-state index is -0.654. The van der Waals surface area contributed by atoms with E-state index in [0.717, 1.165) is 6.42 Å². The third-order valence-corrected chi connectivity index (χ3v) is 1.09. The van der Waals surface area contributed by atoms with Crippen LogP contribution in [0.3, 0.4) is 0 Å². The molecule has 0 atom stereocenters. The zero-order valence-corrected chi connectivity index (χ0v) is 7.04. The maximum absolute atomic E-state index is 10.8. The Labute approximate surface area is 71.9 Å². The van der Waals surface area contributed by atoms with Gasteiger partial charge in [-0.05, 0) is 6.42 Å². The lowest BCUT2D eigenvalue weighted by molar-refractivity contribution is -0.137. The Balaban J connectivity index is 3.67. The molecular weight excluding hydrogens is 154 g/mol. The second kappa shape index (κ2) is 6.17. The zero-order chi connectivity index (χ0) is 9.40. The molecule has 0 aromatic heterocycles. The number of carbonyl (C=O) groups is 1. The van der Waals surface area contributed by atoms with Crippen LogP contribution in [0.15, 0.2) is 24.3 Å². The van der Waals surface area contributed by atoms with Crippen LogP contribution in [0.1, 0.15) is 13.3 Å². The third kappa shape index (κ3) is 4.29. The molecule has 0 rings (SSSR count). The Morgan fingerprint density at radius 3 is 2.83 bits per heavy atom. The highest BCUT2D eigenvalue weighted by molar-refractivity contribution is 5.91. The minimum absolute atomic E-state index is 0.167. The van der Waals surface area contributed by atoms with Gasteiger partial charge in [0, 0.05) is 0 Å². The normalized spacial score (nSPS) is 9.33. The van der Waals surface area contributed by atoms with E-state index in [9.17, 15) is 4.79 Å². The van der Waals surface area contributed by atoms with Crippen molar-refractivity contribution in [2.75, 3.05) is 6.61 Å². The summed E-state index contributed by atoms with van der Waals surface area (Å²) in [6.45, 7) is 5.39. The SMILES string of the molecule is C=C(C#N)C(=O)OC/C=C/CC. The molecular formula is C9H11NO2. The number of rotatable bonds is 4. The predicted octanol–water partition coefficient (Wildman–Crippen LogP) is 1.58. The molecule has 0 saturated carbocycles. The smallest absolute Gasteiger partial charge is 0.348 e. The number of nitrogens with zero attached hydrogens (tertiary/aromatic N) is 1. The number of esters is 1. The van der Waals surface area contributed by atoms with Crippen molar-refractivity contribution in [2.45, 2.75) is 13.3 Å². The first kappa shape index (κ1) is 10.4. The van der Waals surface area contributed by atoms with Crippen LogP contribution in [0, 0.1) is 11.3 Å². The van der Waals surface area contributed by atoms with E-state index in [2.05, 4.69) is 11.3 Å². The molecule has 0 heterocycles. The van der Waals surface area contributed by atoms with Crippen molar-refractivity contribution >= 4 is 5.97 Å². The first-order chi connectivity index (χ1) is 5.72. The Kier molecular flexibility index (Phi) is 5.37. The van der Waals surface area contributed by atoms with Gasteiger partial charge in [-0.15, -0.1) is 0 Å². The summed E-state index contributed by atoms with van der Waals surface area (Å²) in [7, 11) is 0. The van der Waals surface area contributed by atoms with E-state index in [1.54, 1.807) is 12.1 Å². The topological polar surface area (TPSA) is 50.1 Å². The predicted molar refractivity (Wildman–Crippen MR) is 45.1 cm³/mol. The molecule has 0 amide bonds. The van der Waals surface area contributed by atoms with Crippen molar-refractivity contribution in [1.82, 2.24) is 0 Å². The van der Waals surface area contributed by atoms with Crippen molar-refractivity contribution < 1.29 is 9.53 Å². The summed E-state index contributed by atoms with van der Waals surface area (Å²) in [5, 5.41) is 8.24. The van der Waals surface area contributed by atoms with Gasteiger partial charge in [-0.2, -0.15) is 5.26 Å². The molecule has 0 spiro atoms. The molecule has 0 aliphatic rings. The summed E-state index contributed by atoms with van der Waals surface area (Å²) in [6.07, 6.45) is 4.50. The van der Waals surface area contributed by atoms with E-state index < -0.39 is 5.97 Å². The van der Waals surface area contributed by atoms with Crippen LogP contribution in [-0.4, -0.2) is 12.6 Å². The summed E-state index contributed by atoms with van der Waals surface area (Å²) < 4.78 is 4.65. The van der Waals surface area contributed by atoms with E-state index in [1.807, 2.05) is 13.0 Å². The number of hydrogen-bond donors (Lipinski definition) is 0. The number of carbonyl (C=O) groups excluding carboxylic acids is 1. The summed E-state index contributed by atoms with van der Waals surface area (Å²) >= 11 is 0. The average Bonchev–Trinajstić information content (AvgIpc) is 2.10. The summed E-state index contributed by atoms with van der Waals surface area (Å²) in [5.74, 6) is -0.654. The van der Waals surface area contributed by atoms with Gasteiger partial charge >= 0.3 is 5.97 Å². The van der Waals surface area contributed by atoms with Gasteiger partial charge in [-0.3, -0.25) is 0 Å². The second-order valence-electron chi connectivity index (χ2n) is 2.07. The van der Waals surface area contributed by atoms with E-state index in [0.29, 0.717) is 0 Å². The van der Waals surface area contributed by atoms with Gasteiger partial charge in [-0.1, -0.05) is 25.7 Å². The highest BCUT2D eigenvalue weighted by Crippen LogP contribution is 1.92. The van der Waals surface area contributed by atoms with Crippen LogP contribution in [-0.2, 0) is 9.53 Å². The van der Waals surface area contributed by atoms with Crippen LogP contribution < -0.4 is 0 Å². The van der Waals surface area contributed by atoms with Gasteiger partial charge in [0.15, 0.2) is 0 Å². The maximum atomic E-state index is 10.8. The fourth-order valence-electron chi connectivity index (χ4n) is 0.491. The van der Waals surface area contributed by atoms with E-state index in [4.69, 9.17) is 5.26 Å². The molecule has 12 heavy (non-hydrogen) atoms. The van der Waals surface area contributed by atoms with Gasteiger partial charge in [0.1, 0.15) is 18.2 Å². The van der Waals surface area contributed by atoms with Gasteiger partial charge < -0.3 is 4.74 Å². The number of hydrogen-bond acceptors (Lipinski definition) is 3. The molecule has 0 N–H and O–H groups in total. The molecule has 0 saturated heterocycles. The Bertz CT molecular complexity index is 235. The first-order valence-electron chi connectivity index (χ1n) is 3.63. The highest BCUT2D eigenvalue weighted by atomic mass is 16.5. The highest BCUT2D eigenvalue weighted by Gasteiger charge is 2.04. The summed E-state index contributed by atoms with van der Waals surface area (Å²) in [6, 6.07) is 1.61. The van der Waals surface area contributed by atoms with Crippen LogP contribution >= 0.6 is 0 Å². The molecule has 0 bridgehead atoms. The molecule has 64 valence electrons. The van der Waals surface area contributed by atoms with E-state index in [-0.39, 0.29) is 12.2 Å². The monoisotopic (exact) mass is 165 g/mol. The van der Waals surface area contributed by atoms with Crippen LogP contribution in [0.2, 0.25) is 0 Å². The van der Waals surface area contributed by atoms with Crippen molar-refractivity contribution in [3.8, 4) is 6.07 Å². The Morgan fingerprint density at radius 1 is 1.67 bits per heavy atom. The first-order valence-corrected chi connectivity index (χ1v) is 3.63. The van der Waals surface area contributed by atoms with Crippen molar-refractivity contribution in [3.63, 3.8) is 0 Å². The van der Waals surface area contributed by atoms with Crippen molar-refractivity contribution in [2.24, 2.45) is 0 Å². The van der Waals surface area contributed by atoms with Crippen molar-refractivity contribution in [1.29, 1.82) is 5.26 Å². The van der Waals surface area contributed by atoms with Gasteiger partial charge in [0.05, 0.1) is 0 Å². The molecule has 0 aromatic rings. The van der Waals surface area contributed by atoms with Crippen LogP contribution in [0.25, 0.3) is 0 Å². The van der Waals surface area contributed by atoms with Crippen molar-refractivity contribution in [3.05, 3.63) is 24.3 Å². The quantitative estimate of drug-likeness (QED) is 0.275. The fourth-order valence-corrected chi connectivity index (χ4v) is 0.491. The lowest BCUT2D eigenvalue weighted by Crippen LogP contribution is -2.05. The molecule has 0 aliphatic heterocycles. The largest absolute Gasteiger partial charge is 0.457 e. The molecule has 3 nitrogen and oxygen atoms in total. The summed E-state index contributed by atoms with van der Waals surface area (Å²) in [5.41, 5.74) is -0.167. The molecule has 0 radical (unpaired) electrons. The third-order valence-electron chi connectivity index (χ3n) is 1.09. The summed E-state index contributed by atoms with van der Waals surface area (Å²) in [4.78, 5) is 10.8. The van der Waals surface area contributed by atoms with Gasteiger partial charge in [0.2, 0.25) is 0 Å². The number of allylic oxidation sites excluding steroid dienone is 1. The number of ether oxygens (including phenoxy) is 1. The lowest BCUT2D eigenvalue weighted by atomic mass is 10.3. The van der Waals surface area contributed by atoms with Gasteiger partial charge in [0.25, 0.3) is 0 Å². The molecule has 0 aliphatic carbocycles. The van der Waals surface area contributed by atoms with E-state index >= 15 is 0 Å². The Hall–Kier alpha value is -1.56. The standard InChI is InChI=1S/C9H11NO2/c1-3-4-5-6-12-9(11)8(2)7-10/h4-5H,2-3,6H2,1H3/b5-4+. The molecule has 0 fully saturated rings. The van der Waals surface area contributed by atoms with Crippen LogP contribution in [0.4, 0.5) is 0 Å². The minimum Gasteiger partial charge on any atom is -0.457 e. The Morgan fingerprint density at radius 2 is 2.33 bits per heavy atom. The maximum Gasteiger partial charge on any atom is 0.348 e. The lowest BCUT2D eigenvalue weighted by Gasteiger charge is -1.97. The second-order valence-corrected chi connectivity index (χ2v) is 2.07. The van der Waals surface area contributed by atoms with Crippen LogP contribution in [0.5, 0.6) is 0 Å². The van der Waals surface area contributed by atoms with Gasteiger partial charge in [-0.25, -0.2) is 4.79 Å². The fraction of sp³-hybridized carbons (Fsp3) is 0.333. The average molecular weight is 165 g/mol. The molecule has 0 aromatic carbocycles. The number of nitriles is 1.